The van der Waals surface area contributed by atoms with Crippen LogP contribution >= 0.6 is 0 Å². The number of hydrogen-bond acceptors (Lipinski definition) is 5. The molecule has 2 unspecified atom stereocenters. The number of hydrogen-bond donors (Lipinski definition) is 3. The standard InChI is InChI=1S/C29H31F4N3O4S/c1-18(2)34-17-19-6-11-24-25(12-13-40-27(24)14-19)35-28(37)16-26(20-7-9-22(30)10-8-20)36-41(38,39)23-5-3-4-21(15-23)29(31,32)33/h3-11,14-15,18,25-26,34,36H,12-13,16-17H2,1-2H3,(H,35,37). The van der Waals surface area contributed by atoms with Crippen LogP contribution in [0.1, 0.15) is 61.0 Å². The number of benzene rings is 3. The normalized spacial score (nSPS) is 16.1. The summed E-state index contributed by atoms with van der Waals surface area (Å²) < 4.78 is 87.6. The Labute approximate surface area is 236 Å². The largest absolute Gasteiger partial charge is 0.493 e. The van der Waals surface area contributed by atoms with E-state index in [1.807, 2.05) is 32.0 Å². The van der Waals surface area contributed by atoms with Gasteiger partial charge in [-0.15, -0.1) is 0 Å². The summed E-state index contributed by atoms with van der Waals surface area (Å²) in [5, 5.41) is 6.25. The molecule has 0 aliphatic carbocycles. The first-order chi connectivity index (χ1) is 19.3. The third-order valence-corrected chi connectivity index (χ3v) is 8.07. The van der Waals surface area contributed by atoms with E-state index in [4.69, 9.17) is 4.74 Å². The smallest absolute Gasteiger partial charge is 0.416 e. The zero-order chi connectivity index (χ0) is 29.8. The van der Waals surface area contributed by atoms with Crippen molar-refractivity contribution in [2.75, 3.05) is 6.61 Å². The fourth-order valence-electron chi connectivity index (χ4n) is 4.47. The van der Waals surface area contributed by atoms with E-state index < -0.39 is 50.5 Å². The molecular weight excluding hydrogens is 562 g/mol. The van der Waals surface area contributed by atoms with Gasteiger partial charge in [0.25, 0.3) is 0 Å². The van der Waals surface area contributed by atoms with Crippen LogP contribution in [0.5, 0.6) is 5.75 Å². The van der Waals surface area contributed by atoms with E-state index in [0.29, 0.717) is 37.4 Å². The van der Waals surface area contributed by atoms with E-state index in [-0.39, 0.29) is 12.0 Å². The van der Waals surface area contributed by atoms with Gasteiger partial charge in [-0.25, -0.2) is 17.5 Å². The molecule has 7 nitrogen and oxygen atoms in total. The third kappa shape index (κ3) is 8.05. The molecule has 0 bridgehead atoms. The molecule has 3 aromatic rings. The molecule has 2 atom stereocenters. The summed E-state index contributed by atoms with van der Waals surface area (Å²) >= 11 is 0. The number of sulfonamides is 1. The number of nitrogens with one attached hydrogen (secondary N) is 3. The van der Waals surface area contributed by atoms with E-state index >= 15 is 0 Å². The van der Waals surface area contributed by atoms with Crippen LogP contribution in [0.25, 0.3) is 0 Å². The molecule has 0 saturated heterocycles. The van der Waals surface area contributed by atoms with E-state index in [9.17, 15) is 30.8 Å². The van der Waals surface area contributed by atoms with Gasteiger partial charge in [0.15, 0.2) is 0 Å². The summed E-state index contributed by atoms with van der Waals surface area (Å²) in [4.78, 5) is 12.6. The Kier molecular flexibility index (Phi) is 9.35. The number of alkyl halides is 3. The van der Waals surface area contributed by atoms with Gasteiger partial charge in [-0.05, 0) is 47.5 Å². The molecule has 0 radical (unpaired) electrons. The lowest BCUT2D eigenvalue weighted by molar-refractivity contribution is -0.137. The number of ether oxygens (including phenoxy) is 1. The lowest BCUT2D eigenvalue weighted by Crippen LogP contribution is -2.36. The molecule has 12 heteroatoms. The van der Waals surface area contributed by atoms with Crippen LogP contribution in [0.2, 0.25) is 0 Å². The van der Waals surface area contributed by atoms with Crippen LogP contribution in [-0.2, 0) is 27.5 Å². The summed E-state index contributed by atoms with van der Waals surface area (Å²) in [6.07, 6.45) is -4.64. The van der Waals surface area contributed by atoms with Crippen molar-refractivity contribution >= 4 is 15.9 Å². The minimum absolute atomic E-state index is 0.270. The second-order valence-electron chi connectivity index (χ2n) is 10.1. The van der Waals surface area contributed by atoms with Gasteiger partial charge in [0.2, 0.25) is 15.9 Å². The van der Waals surface area contributed by atoms with Crippen molar-refractivity contribution in [2.45, 2.75) is 62.4 Å². The van der Waals surface area contributed by atoms with Gasteiger partial charge in [-0.2, -0.15) is 13.2 Å². The average Bonchev–Trinajstić information content (AvgIpc) is 2.91. The zero-order valence-electron chi connectivity index (χ0n) is 22.5. The van der Waals surface area contributed by atoms with E-state index in [0.717, 1.165) is 41.5 Å². The number of amides is 1. The van der Waals surface area contributed by atoms with Crippen LogP contribution < -0.4 is 20.1 Å². The van der Waals surface area contributed by atoms with Gasteiger partial charge in [0.1, 0.15) is 11.6 Å². The van der Waals surface area contributed by atoms with Gasteiger partial charge in [0.05, 0.1) is 29.1 Å². The average molecular weight is 594 g/mol. The predicted octanol–water partition coefficient (Wildman–Crippen LogP) is 5.39. The molecule has 1 amide bonds. The number of halogens is 4. The zero-order valence-corrected chi connectivity index (χ0v) is 23.3. The van der Waals surface area contributed by atoms with Crippen LogP contribution in [0.15, 0.2) is 71.6 Å². The molecule has 0 fully saturated rings. The Morgan fingerprint density at radius 2 is 1.78 bits per heavy atom. The monoisotopic (exact) mass is 593 g/mol. The topological polar surface area (TPSA) is 96.5 Å². The second kappa shape index (κ2) is 12.6. The molecule has 1 aliphatic heterocycles. The highest BCUT2D eigenvalue weighted by Gasteiger charge is 2.33. The van der Waals surface area contributed by atoms with E-state index in [1.165, 1.54) is 12.1 Å². The summed E-state index contributed by atoms with van der Waals surface area (Å²) in [6.45, 7) is 5.10. The maximum absolute atomic E-state index is 13.6. The Morgan fingerprint density at radius 1 is 1.05 bits per heavy atom. The first-order valence-corrected chi connectivity index (χ1v) is 14.5. The molecule has 0 aromatic heterocycles. The lowest BCUT2D eigenvalue weighted by atomic mass is 9.97. The lowest BCUT2D eigenvalue weighted by Gasteiger charge is -2.28. The maximum atomic E-state index is 13.6. The van der Waals surface area contributed by atoms with Crippen LogP contribution in [0.3, 0.4) is 0 Å². The molecular formula is C29H31F4N3O4S. The van der Waals surface area contributed by atoms with Gasteiger partial charge >= 0.3 is 6.18 Å². The Bertz CT molecular complexity index is 1480. The Hall–Kier alpha value is -3.48. The minimum Gasteiger partial charge on any atom is -0.493 e. The quantitative estimate of drug-likeness (QED) is 0.274. The molecule has 1 heterocycles. The minimum atomic E-state index is -4.74. The highest BCUT2D eigenvalue weighted by molar-refractivity contribution is 7.89. The Balaban J connectivity index is 1.53. The second-order valence-corrected chi connectivity index (χ2v) is 11.8. The summed E-state index contributed by atoms with van der Waals surface area (Å²) in [5.74, 6) is -0.432. The summed E-state index contributed by atoms with van der Waals surface area (Å²) in [5.41, 5.74) is 0.940. The summed E-state index contributed by atoms with van der Waals surface area (Å²) in [6, 6.07) is 12.6. The molecule has 3 aromatic carbocycles. The summed E-state index contributed by atoms with van der Waals surface area (Å²) in [7, 11) is -4.49. The van der Waals surface area contributed by atoms with Gasteiger partial charge in [0, 0.05) is 31.0 Å². The van der Waals surface area contributed by atoms with Crippen LogP contribution in [0, 0.1) is 5.82 Å². The van der Waals surface area contributed by atoms with Crippen molar-refractivity contribution in [2.24, 2.45) is 0 Å². The Morgan fingerprint density at radius 3 is 2.46 bits per heavy atom. The van der Waals surface area contributed by atoms with Crippen molar-refractivity contribution < 1.29 is 35.5 Å². The third-order valence-electron chi connectivity index (χ3n) is 6.60. The van der Waals surface area contributed by atoms with E-state index in [1.54, 1.807) is 0 Å². The SMILES string of the molecule is CC(C)NCc1ccc2c(c1)OCCC2NC(=O)CC(NS(=O)(=O)c1cccc(C(F)(F)F)c1)c1ccc(F)cc1. The first-order valence-electron chi connectivity index (χ1n) is 13.1. The van der Waals surface area contributed by atoms with Crippen molar-refractivity contribution in [1.29, 1.82) is 0 Å². The van der Waals surface area contributed by atoms with Crippen molar-refractivity contribution in [1.82, 2.24) is 15.4 Å². The fourth-order valence-corrected chi connectivity index (χ4v) is 5.74. The van der Waals surface area contributed by atoms with Gasteiger partial charge in [-0.3, -0.25) is 4.79 Å². The van der Waals surface area contributed by atoms with Crippen molar-refractivity contribution in [3.8, 4) is 5.75 Å². The number of carbonyl (C=O) groups excluding carboxylic acids is 1. The van der Waals surface area contributed by atoms with Crippen molar-refractivity contribution in [3.63, 3.8) is 0 Å². The van der Waals surface area contributed by atoms with Gasteiger partial charge < -0.3 is 15.4 Å². The number of rotatable bonds is 10. The van der Waals surface area contributed by atoms with Gasteiger partial charge in [-0.1, -0.05) is 44.2 Å². The van der Waals surface area contributed by atoms with Crippen LogP contribution in [0.4, 0.5) is 17.6 Å². The highest BCUT2D eigenvalue weighted by Crippen LogP contribution is 2.34. The molecule has 41 heavy (non-hydrogen) atoms. The molecule has 0 spiro atoms. The van der Waals surface area contributed by atoms with Crippen LogP contribution in [-0.4, -0.2) is 27.0 Å². The molecule has 1 aliphatic rings. The number of carbonyl (C=O) groups is 1. The molecule has 220 valence electrons. The predicted molar refractivity (Wildman–Crippen MR) is 145 cm³/mol. The highest BCUT2D eigenvalue weighted by atomic mass is 32.2. The maximum Gasteiger partial charge on any atom is 0.416 e. The van der Waals surface area contributed by atoms with E-state index in [2.05, 4.69) is 15.4 Å². The number of fused-ring (bicyclic) bond motifs is 1. The first kappa shape index (κ1) is 30.5. The molecule has 4 rings (SSSR count). The molecule has 0 saturated carbocycles. The molecule has 3 N–H and O–H groups in total. The fraction of sp³-hybridized carbons (Fsp3) is 0.345. The van der Waals surface area contributed by atoms with Crippen molar-refractivity contribution in [3.05, 3.63) is 94.8 Å².